The predicted octanol–water partition coefficient (Wildman–Crippen LogP) is 0.412. The maximum absolute atomic E-state index is 12.6. The third-order valence-corrected chi connectivity index (χ3v) is 1.79. The van der Waals surface area contributed by atoms with Crippen LogP contribution in [0.1, 0.15) is 12.5 Å². The highest BCUT2D eigenvalue weighted by Gasteiger charge is 2.09. The van der Waals surface area contributed by atoms with Crippen molar-refractivity contribution in [1.82, 2.24) is 10.7 Å². The molecule has 0 aliphatic heterocycles. The number of amides is 2. The van der Waals surface area contributed by atoms with E-state index in [4.69, 9.17) is 0 Å². The van der Waals surface area contributed by atoms with Gasteiger partial charge in [0.05, 0.1) is 6.21 Å². The average molecular weight is 237 g/mol. The number of carbonyl (C=O) groups excluding carboxylic acids is 2. The first-order chi connectivity index (χ1) is 8.13. The second-order valence-corrected chi connectivity index (χ2v) is 3.11. The van der Waals surface area contributed by atoms with Crippen LogP contribution >= 0.6 is 0 Å². The molecule has 90 valence electrons. The Labute approximate surface area is 97.7 Å². The van der Waals surface area contributed by atoms with E-state index < -0.39 is 11.8 Å². The van der Waals surface area contributed by atoms with Crippen LogP contribution in [0.25, 0.3) is 0 Å². The summed E-state index contributed by atoms with van der Waals surface area (Å²) in [6.45, 7) is 2.07. The molecule has 6 heteroatoms. The maximum atomic E-state index is 12.6. The van der Waals surface area contributed by atoms with Gasteiger partial charge in [0.25, 0.3) is 0 Å². The van der Waals surface area contributed by atoms with Gasteiger partial charge in [-0.1, -0.05) is 12.1 Å². The number of carbonyl (C=O) groups is 2. The van der Waals surface area contributed by atoms with E-state index in [0.717, 1.165) is 0 Å². The summed E-state index contributed by atoms with van der Waals surface area (Å²) in [6.07, 6.45) is 1.32. The topological polar surface area (TPSA) is 70.6 Å². The highest BCUT2D eigenvalue weighted by Crippen LogP contribution is 1.99. The molecule has 1 aromatic rings. The van der Waals surface area contributed by atoms with Gasteiger partial charge in [-0.2, -0.15) is 5.10 Å². The summed E-state index contributed by atoms with van der Waals surface area (Å²) >= 11 is 0. The van der Waals surface area contributed by atoms with E-state index in [2.05, 4.69) is 15.8 Å². The first-order valence-corrected chi connectivity index (χ1v) is 5.00. The number of nitrogens with zero attached hydrogens (tertiary/aromatic N) is 1. The van der Waals surface area contributed by atoms with Crippen molar-refractivity contribution in [2.45, 2.75) is 6.92 Å². The monoisotopic (exact) mass is 237 g/mol. The fourth-order valence-electron chi connectivity index (χ4n) is 1.01. The number of halogens is 1. The van der Waals surface area contributed by atoms with E-state index >= 15 is 0 Å². The number of likely N-dealkylation sites (N-methyl/N-ethyl adjacent to an activating group) is 1. The molecule has 0 spiro atoms. The van der Waals surface area contributed by atoms with Crippen molar-refractivity contribution in [3.63, 3.8) is 0 Å². The number of benzene rings is 1. The normalized spacial score (nSPS) is 10.2. The van der Waals surface area contributed by atoms with E-state index in [-0.39, 0.29) is 5.82 Å². The Bertz CT molecular complexity index is 429. The smallest absolute Gasteiger partial charge is 0.329 e. The van der Waals surface area contributed by atoms with Crippen LogP contribution in [0, 0.1) is 5.82 Å². The van der Waals surface area contributed by atoms with Crippen LogP contribution in [0.15, 0.2) is 29.4 Å². The molecule has 2 amide bonds. The Kier molecular flexibility index (Phi) is 4.80. The molecule has 0 aliphatic carbocycles. The third kappa shape index (κ3) is 4.42. The lowest BCUT2D eigenvalue weighted by Crippen LogP contribution is -2.37. The second kappa shape index (κ2) is 6.37. The standard InChI is InChI=1S/C11H12FN3O2/c1-2-13-10(16)11(17)15-14-7-8-3-5-9(12)6-4-8/h3-7H,2H2,1H3,(H,13,16)(H,15,17). The summed E-state index contributed by atoms with van der Waals surface area (Å²) < 4.78 is 12.6. The first-order valence-electron chi connectivity index (χ1n) is 5.00. The highest BCUT2D eigenvalue weighted by molar-refractivity contribution is 6.35. The molecule has 0 saturated heterocycles. The number of hydrogen-bond acceptors (Lipinski definition) is 3. The molecule has 0 unspecified atom stereocenters. The van der Waals surface area contributed by atoms with Gasteiger partial charge in [0.1, 0.15) is 5.82 Å². The van der Waals surface area contributed by atoms with Gasteiger partial charge in [-0.3, -0.25) is 9.59 Å². The van der Waals surface area contributed by atoms with Crippen molar-refractivity contribution in [3.8, 4) is 0 Å². The molecule has 0 radical (unpaired) electrons. The quantitative estimate of drug-likeness (QED) is 0.454. The number of hydrogen-bond donors (Lipinski definition) is 2. The summed E-state index contributed by atoms with van der Waals surface area (Å²) in [5, 5.41) is 5.89. The van der Waals surface area contributed by atoms with E-state index in [1.54, 1.807) is 6.92 Å². The second-order valence-electron chi connectivity index (χ2n) is 3.11. The minimum atomic E-state index is -0.842. The molecule has 5 nitrogen and oxygen atoms in total. The molecule has 0 heterocycles. The van der Waals surface area contributed by atoms with Crippen LogP contribution in [-0.2, 0) is 9.59 Å². The molecule has 1 aromatic carbocycles. The zero-order valence-corrected chi connectivity index (χ0v) is 9.24. The third-order valence-electron chi connectivity index (χ3n) is 1.79. The molecule has 0 aliphatic rings. The minimum Gasteiger partial charge on any atom is -0.348 e. The first kappa shape index (κ1) is 12.8. The van der Waals surface area contributed by atoms with Gasteiger partial charge in [-0.15, -0.1) is 0 Å². The Morgan fingerprint density at radius 1 is 1.29 bits per heavy atom. The molecule has 0 fully saturated rings. The Hall–Kier alpha value is -2.24. The zero-order valence-electron chi connectivity index (χ0n) is 9.24. The van der Waals surface area contributed by atoms with Crippen LogP contribution in [0.3, 0.4) is 0 Å². The van der Waals surface area contributed by atoms with Gasteiger partial charge in [0, 0.05) is 6.54 Å². The summed E-state index contributed by atoms with van der Waals surface area (Å²) in [4.78, 5) is 22.1. The van der Waals surface area contributed by atoms with Crippen LogP contribution in [0.5, 0.6) is 0 Å². The molecular formula is C11H12FN3O2. The van der Waals surface area contributed by atoms with Gasteiger partial charge in [-0.05, 0) is 24.6 Å². The molecular weight excluding hydrogens is 225 g/mol. The van der Waals surface area contributed by atoms with Crippen molar-refractivity contribution < 1.29 is 14.0 Å². The van der Waals surface area contributed by atoms with Crippen molar-refractivity contribution in [2.75, 3.05) is 6.54 Å². The Balaban J connectivity index is 2.47. The molecule has 0 bridgehead atoms. The maximum Gasteiger partial charge on any atom is 0.329 e. The van der Waals surface area contributed by atoms with E-state index in [9.17, 15) is 14.0 Å². The molecule has 0 atom stereocenters. The molecule has 17 heavy (non-hydrogen) atoms. The van der Waals surface area contributed by atoms with Crippen molar-refractivity contribution in [2.24, 2.45) is 5.10 Å². The molecule has 0 aromatic heterocycles. The summed E-state index contributed by atoms with van der Waals surface area (Å²) in [5.74, 6) is -1.94. The van der Waals surface area contributed by atoms with Crippen molar-refractivity contribution in [1.29, 1.82) is 0 Å². The summed E-state index contributed by atoms with van der Waals surface area (Å²) in [6, 6.07) is 5.54. The van der Waals surface area contributed by atoms with Gasteiger partial charge in [0.15, 0.2) is 0 Å². The lowest BCUT2D eigenvalue weighted by Gasteiger charge is -1.99. The van der Waals surface area contributed by atoms with Crippen LogP contribution in [-0.4, -0.2) is 24.6 Å². The number of hydrazone groups is 1. The van der Waals surface area contributed by atoms with E-state index in [1.165, 1.54) is 30.5 Å². The largest absolute Gasteiger partial charge is 0.348 e. The highest BCUT2D eigenvalue weighted by atomic mass is 19.1. The minimum absolute atomic E-state index is 0.353. The fourth-order valence-corrected chi connectivity index (χ4v) is 1.01. The lowest BCUT2D eigenvalue weighted by molar-refractivity contribution is -0.139. The van der Waals surface area contributed by atoms with Crippen LogP contribution in [0.2, 0.25) is 0 Å². The van der Waals surface area contributed by atoms with E-state index in [1.807, 2.05) is 0 Å². The Morgan fingerprint density at radius 3 is 2.53 bits per heavy atom. The van der Waals surface area contributed by atoms with Gasteiger partial charge in [-0.25, -0.2) is 9.82 Å². The number of rotatable bonds is 3. The number of nitrogens with one attached hydrogen (secondary N) is 2. The van der Waals surface area contributed by atoms with Gasteiger partial charge < -0.3 is 5.32 Å². The predicted molar refractivity (Wildman–Crippen MR) is 60.8 cm³/mol. The summed E-state index contributed by atoms with van der Waals surface area (Å²) in [5.41, 5.74) is 2.67. The molecule has 0 saturated carbocycles. The SMILES string of the molecule is CCNC(=O)C(=O)NN=Cc1ccc(F)cc1. The van der Waals surface area contributed by atoms with Crippen molar-refractivity contribution in [3.05, 3.63) is 35.6 Å². The Morgan fingerprint density at radius 2 is 1.94 bits per heavy atom. The van der Waals surface area contributed by atoms with Crippen molar-refractivity contribution >= 4 is 18.0 Å². The molecule has 2 N–H and O–H groups in total. The molecule has 1 rings (SSSR count). The van der Waals surface area contributed by atoms with Crippen LogP contribution in [0.4, 0.5) is 4.39 Å². The zero-order chi connectivity index (χ0) is 12.7. The summed E-state index contributed by atoms with van der Waals surface area (Å²) in [7, 11) is 0. The van der Waals surface area contributed by atoms with Gasteiger partial charge in [0.2, 0.25) is 0 Å². The van der Waals surface area contributed by atoms with Gasteiger partial charge >= 0.3 is 11.8 Å². The van der Waals surface area contributed by atoms with Crippen LogP contribution < -0.4 is 10.7 Å². The fraction of sp³-hybridized carbons (Fsp3) is 0.182. The lowest BCUT2D eigenvalue weighted by atomic mass is 10.2. The van der Waals surface area contributed by atoms with E-state index in [0.29, 0.717) is 12.1 Å². The average Bonchev–Trinajstić information content (AvgIpc) is 2.32.